The van der Waals surface area contributed by atoms with Crippen molar-refractivity contribution in [2.45, 2.75) is 20.1 Å². The second-order valence-corrected chi connectivity index (χ2v) is 12.4. The third kappa shape index (κ3) is 7.18. The second kappa shape index (κ2) is 14.2. The maximum atomic E-state index is 13.8. The predicted molar refractivity (Wildman–Crippen MR) is 191 cm³/mol. The SMILES string of the molecule is CCOc1cc(/C=C2/SC(=Nc3ccccc3)N(Cc3ccc(OC)cc3)C2=O)cc(I)c1OCc1cccc2ccccc12. The Morgan fingerprint density at radius 3 is 2.42 bits per heavy atom. The number of halogens is 1. The first-order chi connectivity index (χ1) is 22.0. The van der Waals surface area contributed by atoms with E-state index in [1.807, 2.05) is 97.9 Å². The van der Waals surface area contributed by atoms with E-state index in [1.165, 1.54) is 22.5 Å². The summed E-state index contributed by atoms with van der Waals surface area (Å²) in [6, 6.07) is 35.9. The van der Waals surface area contributed by atoms with Crippen molar-refractivity contribution in [3.63, 3.8) is 0 Å². The number of para-hydroxylation sites is 1. The summed E-state index contributed by atoms with van der Waals surface area (Å²) >= 11 is 3.65. The fraction of sp³-hybridized carbons (Fsp3) is 0.135. The number of nitrogens with zero attached hydrogens (tertiary/aromatic N) is 2. The number of benzene rings is 5. The van der Waals surface area contributed by atoms with Gasteiger partial charge in [-0.3, -0.25) is 9.69 Å². The number of amides is 1. The normalized spacial score (nSPS) is 14.8. The molecule has 1 aliphatic rings. The molecule has 5 aromatic carbocycles. The Kier molecular flexibility index (Phi) is 9.71. The van der Waals surface area contributed by atoms with Crippen LogP contribution in [0, 0.1) is 3.57 Å². The number of methoxy groups -OCH3 is 1. The topological polar surface area (TPSA) is 60.4 Å². The molecule has 0 spiro atoms. The summed E-state index contributed by atoms with van der Waals surface area (Å²) in [5.74, 6) is 1.99. The van der Waals surface area contributed by atoms with Gasteiger partial charge < -0.3 is 14.2 Å². The van der Waals surface area contributed by atoms with Gasteiger partial charge in [0.05, 0.1) is 34.4 Å². The number of carbonyl (C=O) groups is 1. The van der Waals surface area contributed by atoms with Crippen LogP contribution in [0.25, 0.3) is 16.8 Å². The molecule has 45 heavy (non-hydrogen) atoms. The van der Waals surface area contributed by atoms with Gasteiger partial charge in [-0.05, 0) is 111 Å². The molecule has 0 N–H and O–H groups in total. The summed E-state index contributed by atoms with van der Waals surface area (Å²) in [7, 11) is 1.64. The number of hydrogen-bond donors (Lipinski definition) is 0. The highest BCUT2D eigenvalue weighted by atomic mass is 127. The number of carbonyl (C=O) groups excluding carboxylic acids is 1. The molecule has 0 aliphatic carbocycles. The Morgan fingerprint density at radius 2 is 1.64 bits per heavy atom. The molecule has 6 rings (SSSR count). The van der Waals surface area contributed by atoms with Crippen LogP contribution >= 0.6 is 34.4 Å². The van der Waals surface area contributed by atoms with E-state index in [4.69, 9.17) is 19.2 Å². The van der Waals surface area contributed by atoms with E-state index in [1.54, 1.807) is 12.0 Å². The molecule has 0 atom stereocenters. The maximum Gasteiger partial charge on any atom is 0.267 e. The van der Waals surface area contributed by atoms with Crippen molar-refractivity contribution in [2.75, 3.05) is 13.7 Å². The minimum absolute atomic E-state index is 0.102. The van der Waals surface area contributed by atoms with Gasteiger partial charge in [-0.2, -0.15) is 0 Å². The maximum absolute atomic E-state index is 13.8. The van der Waals surface area contributed by atoms with Gasteiger partial charge in [0.25, 0.3) is 5.91 Å². The molecule has 0 saturated carbocycles. The summed E-state index contributed by atoms with van der Waals surface area (Å²) in [6.07, 6.45) is 1.90. The van der Waals surface area contributed by atoms with E-state index in [9.17, 15) is 4.79 Å². The molecular weight excluding hydrogens is 695 g/mol. The minimum Gasteiger partial charge on any atom is -0.497 e. The highest BCUT2D eigenvalue weighted by molar-refractivity contribution is 14.1. The number of thioether (sulfide) groups is 1. The summed E-state index contributed by atoms with van der Waals surface area (Å²) in [6.45, 7) is 3.23. The Hall–Kier alpha value is -4.28. The van der Waals surface area contributed by atoms with Crippen molar-refractivity contribution in [2.24, 2.45) is 4.99 Å². The van der Waals surface area contributed by atoms with Crippen LogP contribution in [0.15, 0.2) is 119 Å². The Bertz CT molecular complexity index is 1890. The van der Waals surface area contributed by atoms with Crippen LogP contribution in [-0.4, -0.2) is 29.7 Å². The molecule has 0 aromatic heterocycles. The molecule has 6 nitrogen and oxygen atoms in total. The smallest absolute Gasteiger partial charge is 0.267 e. The highest BCUT2D eigenvalue weighted by Crippen LogP contribution is 2.39. The van der Waals surface area contributed by atoms with Gasteiger partial charge >= 0.3 is 0 Å². The largest absolute Gasteiger partial charge is 0.497 e. The third-order valence-electron chi connectivity index (χ3n) is 7.25. The van der Waals surface area contributed by atoms with Crippen LogP contribution in [0.1, 0.15) is 23.6 Å². The number of ether oxygens (including phenoxy) is 3. The van der Waals surface area contributed by atoms with Crippen molar-refractivity contribution in [3.8, 4) is 17.2 Å². The molecule has 1 fully saturated rings. The average molecular weight is 727 g/mol. The van der Waals surface area contributed by atoms with Crippen LogP contribution in [0.3, 0.4) is 0 Å². The van der Waals surface area contributed by atoms with Crippen molar-refractivity contribution in [3.05, 3.63) is 134 Å². The van der Waals surface area contributed by atoms with Crippen molar-refractivity contribution < 1.29 is 19.0 Å². The Balaban J connectivity index is 1.29. The van der Waals surface area contributed by atoms with E-state index in [-0.39, 0.29) is 5.91 Å². The zero-order valence-electron chi connectivity index (χ0n) is 24.9. The number of fused-ring (bicyclic) bond motifs is 1. The molecule has 226 valence electrons. The molecule has 0 unspecified atom stereocenters. The summed E-state index contributed by atoms with van der Waals surface area (Å²) in [4.78, 5) is 21.0. The minimum atomic E-state index is -0.102. The predicted octanol–water partition coefficient (Wildman–Crippen LogP) is 9.23. The van der Waals surface area contributed by atoms with Crippen LogP contribution in [-0.2, 0) is 17.9 Å². The van der Waals surface area contributed by atoms with Gasteiger partial charge in [-0.15, -0.1) is 0 Å². The first-order valence-corrected chi connectivity index (χ1v) is 16.5. The number of amidine groups is 1. The van der Waals surface area contributed by atoms with E-state index in [0.717, 1.165) is 31.7 Å². The van der Waals surface area contributed by atoms with Gasteiger partial charge in [0.15, 0.2) is 16.7 Å². The number of rotatable bonds is 10. The van der Waals surface area contributed by atoms with Gasteiger partial charge in [0.1, 0.15) is 12.4 Å². The standard InChI is InChI=1S/C37H31IN2O4S/c1-3-43-33-21-26(20-32(38)35(33)44-24-28-12-9-11-27-10-7-8-15-31(27)28)22-34-36(41)40(23-25-16-18-30(42-2)19-17-25)37(45-34)39-29-13-5-4-6-14-29/h4-22H,3,23-24H2,1-2H3/b34-22+,39-37?. The molecule has 0 bridgehead atoms. The quantitative estimate of drug-likeness (QED) is 0.106. The van der Waals surface area contributed by atoms with Crippen molar-refractivity contribution in [1.29, 1.82) is 0 Å². The van der Waals surface area contributed by atoms with E-state index < -0.39 is 0 Å². The fourth-order valence-corrected chi connectivity index (χ4v) is 6.83. The van der Waals surface area contributed by atoms with Gasteiger partial charge in [0.2, 0.25) is 0 Å². The van der Waals surface area contributed by atoms with Crippen LogP contribution in [0.5, 0.6) is 17.2 Å². The lowest BCUT2D eigenvalue weighted by molar-refractivity contribution is -0.122. The molecule has 1 heterocycles. The summed E-state index contributed by atoms with van der Waals surface area (Å²) in [5, 5.41) is 2.97. The van der Waals surface area contributed by atoms with Crippen molar-refractivity contribution >= 4 is 68.0 Å². The summed E-state index contributed by atoms with van der Waals surface area (Å²) in [5.41, 5.74) is 3.72. The van der Waals surface area contributed by atoms with Gasteiger partial charge in [-0.25, -0.2) is 4.99 Å². The molecule has 1 saturated heterocycles. The first kappa shape index (κ1) is 30.7. The van der Waals surface area contributed by atoms with E-state index in [0.29, 0.717) is 41.3 Å². The van der Waals surface area contributed by atoms with Crippen LogP contribution < -0.4 is 14.2 Å². The lowest BCUT2D eigenvalue weighted by Crippen LogP contribution is -2.28. The number of aliphatic imine (C=N–C) groups is 1. The van der Waals surface area contributed by atoms with E-state index in [2.05, 4.69) is 46.9 Å². The van der Waals surface area contributed by atoms with Crippen molar-refractivity contribution in [1.82, 2.24) is 4.90 Å². The second-order valence-electron chi connectivity index (χ2n) is 10.3. The zero-order chi connectivity index (χ0) is 31.2. The molecule has 1 aliphatic heterocycles. The monoisotopic (exact) mass is 726 g/mol. The third-order valence-corrected chi connectivity index (χ3v) is 9.06. The zero-order valence-corrected chi connectivity index (χ0v) is 27.9. The molecule has 1 amide bonds. The molecular formula is C37H31IN2O4S. The molecule has 0 radical (unpaired) electrons. The highest BCUT2D eigenvalue weighted by Gasteiger charge is 2.33. The van der Waals surface area contributed by atoms with Crippen LogP contribution in [0.4, 0.5) is 5.69 Å². The van der Waals surface area contributed by atoms with Gasteiger partial charge in [-0.1, -0.05) is 72.8 Å². The lowest BCUT2D eigenvalue weighted by Gasteiger charge is -2.16. The lowest BCUT2D eigenvalue weighted by atomic mass is 10.1. The molecule has 8 heteroatoms. The number of hydrogen-bond acceptors (Lipinski definition) is 6. The van der Waals surface area contributed by atoms with Gasteiger partial charge in [0, 0.05) is 0 Å². The average Bonchev–Trinajstić information content (AvgIpc) is 3.34. The Morgan fingerprint density at radius 1 is 0.889 bits per heavy atom. The Labute approximate surface area is 280 Å². The van der Waals surface area contributed by atoms with Crippen LogP contribution in [0.2, 0.25) is 0 Å². The fourth-order valence-electron chi connectivity index (χ4n) is 5.05. The summed E-state index contributed by atoms with van der Waals surface area (Å²) < 4.78 is 18.6. The first-order valence-electron chi connectivity index (χ1n) is 14.6. The molecule has 5 aromatic rings. The van der Waals surface area contributed by atoms with E-state index >= 15 is 0 Å².